The van der Waals surface area contributed by atoms with Crippen LogP contribution in [0.15, 0.2) is 134 Å². The van der Waals surface area contributed by atoms with Gasteiger partial charge in [-0.25, -0.2) is 4.98 Å². The second-order valence-electron chi connectivity index (χ2n) is 10.4. The lowest BCUT2D eigenvalue weighted by Crippen LogP contribution is -2.10. The van der Waals surface area contributed by atoms with Gasteiger partial charge in [0.15, 0.2) is 0 Å². The fraction of sp³-hybridized carbons (Fsp3) is 0.0270. The van der Waals surface area contributed by atoms with Crippen molar-refractivity contribution in [1.29, 1.82) is 0 Å². The molecule has 4 heterocycles. The standard InChI is InChI=1S/C37H26N4.HI/c1-2-7-27-20-28(12-11-25(27)6-1)34-21-30(22-35(40-34)29-8-5-18-38-23-29)26-13-15-31(16-14-26)41-36-10-4-3-9-32(36)33-24-39-19-17-37(33)41;/h1-23,39H,24H2;1H. The summed E-state index contributed by atoms with van der Waals surface area (Å²) in [7, 11) is 0. The zero-order chi connectivity index (χ0) is 27.2. The van der Waals surface area contributed by atoms with Gasteiger partial charge in [0.2, 0.25) is 0 Å². The summed E-state index contributed by atoms with van der Waals surface area (Å²) < 4.78 is 2.36. The molecule has 0 bridgehead atoms. The molecule has 1 aliphatic rings. The van der Waals surface area contributed by atoms with Gasteiger partial charge in [0.05, 0.1) is 22.6 Å². The number of nitrogens with one attached hydrogen (secondary N) is 1. The molecule has 0 atom stereocenters. The molecule has 0 aliphatic carbocycles. The fourth-order valence-corrected chi connectivity index (χ4v) is 5.92. The predicted molar refractivity (Wildman–Crippen MR) is 184 cm³/mol. The molecule has 1 N–H and O–H groups in total. The Bertz CT molecular complexity index is 2090. The van der Waals surface area contributed by atoms with Crippen LogP contribution >= 0.6 is 24.0 Å². The van der Waals surface area contributed by atoms with Gasteiger partial charge in [-0.05, 0) is 82.7 Å². The Balaban J connectivity index is 0.00000288. The van der Waals surface area contributed by atoms with Crippen LogP contribution in [0.3, 0.4) is 0 Å². The number of halogens is 1. The van der Waals surface area contributed by atoms with E-state index in [-0.39, 0.29) is 24.0 Å². The van der Waals surface area contributed by atoms with Crippen molar-refractivity contribution in [2.24, 2.45) is 0 Å². The number of para-hydroxylation sites is 1. The van der Waals surface area contributed by atoms with E-state index in [0.717, 1.165) is 45.9 Å². The van der Waals surface area contributed by atoms with Crippen LogP contribution in [0.4, 0.5) is 0 Å². The predicted octanol–water partition coefficient (Wildman–Crippen LogP) is 9.27. The minimum Gasteiger partial charge on any atom is -0.387 e. The highest BCUT2D eigenvalue weighted by atomic mass is 127. The highest BCUT2D eigenvalue weighted by Crippen LogP contribution is 2.35. The summed E-state index contributed by atoms with van der Waals surface area (Å²) in [5.74, 6) is 0. The number of aromatic nitrogens is 3. The van der Waals surface area contributed by atoms with Crippen LogP contribution in [0.25, 0.3) is 67.1 Å². The second kappa shape index (κ2) is 10.9. The zero-order valence-corrected chi connectivity index (χ0v) is 25.1. The second-order valence-corrected chi connectivity index (χ2v) is 10.4. The van der Waals surface area contributed by atoms with Gasteiger partial charge in [-0.1, -0.05) is 66.7 Å². The van der Waals surface area contributed by atoms with Gasteiger partial charge < -0.3 is 9.88 Å². The van der Waals surface area contributed by atoms with Crippen molar-refractivity contribution in [3.05, 3.63) is 145 Å². The summed E-state index contributed by atoms with van der Waals surface area (Å²) in [6.07, 6.45) is 7.89. The van der Waals surface area contributed by atoms with Crippen molar-refractivity contribution < 1.29 is 0 Å². The van der Waals surface area contributed by atoms with Gasteiger partial charge in [0.1, 0.15) is 0 Å². The van der Waals surface area contributed by atoms with Gasteiger partial charge >= 0.3 is 0 Å². The van der Waals surface area contributed by atoms with Crippen molar-refractivity contribution in [2.45, 2.75) is 6.54 Å². The Kier molecular flexibility index (Phi) is 6.80. The van der Waals surface area contributed by atoms with E-state index in [4.69, 9.17) is 4.98 Å². The summed E-state index contributed by atoms with van der Waals surface area (Å²) in [5, 5.41) is 7.09. The topological polar surface area (TPSA) is 42.7 Å². The number of pyridine rings is 2. The van der Waals surface area contributed by atoms with Gasteiger partial charge in [-0.15, -0.1) is 24.0 Å². The highest BCUT2D eigenvalue weighted by Gasteiger charge is 2.18. The summed E-state index contributed by atoms with van der Waals surface area (Å²) in [5.41, 5.74) is 11.2. The average molecular weight is 655 g/mol. The molecule has 0 unspecified atom stereocenters. The Hall–Kier alpha value is -4.75. The van der Waals surface area contributed by atoms with Gasteiger partial charge in [0, 0.05) is 46.7 Å². The van der Waals surface area contributed by atoms with Crippen LogP contribution < -0.4 is 5.32 Å². The van der Waals surface area contributed by atoms with Crippen LogP contribution in [0.5, 0.6) is 0 Å². The highest BCUT2D eigenvalue weighted by molar-refractivity contribution is 14.0. The first-order valence-electron chi connectivity index (χ1n) is 13.9. The molecule has 4 aromatic carbocycles. The number of benzene rings is 4. The van der Waals surface area contributed by atoms with Crippen LogP contribution in [0.1, 0.15) is 11.3 Å². The van der Waals surface area contributed by atoms with E-state index in [1.54, 1.807) is 6.20 Å². The third-order valence-corrected chi connectivity index (χ3v) is 7.94. The third kappa shape index (κ3) is 4.56. The van der Waals surface area contributed by atoms with Crippen LogP contribution in [0.2, 0.25) is 0 Å². The Morgan fingerprint density at radius 2 is 1.40 bits per heavy atom. The monoisotopic (exact) mass is 654 g/mol. The van der Waals surface area contributed by atoms with E-state index in [1.807, 2.05) is 18.5 Å². The molecule has 0 saturated carbocycles. The molecular weight excluding hydrogens is 627 g/mol. The van der Waals surface area contributed by atoms with E-state index in [2.05, 4.69) is 130 Å². The number of rotatable bonds is 4. The molecule has 202 valence electrons. The number of nitrogens with zero attached hydrogens (tertiary/aromatic N) is 3. The Morgan fingerprint density at radius 1 is 0.643 bits per heavy atom. The first kappa shape index (κ1) is 26.2. The molecule has 0 amide bonds. The number of hydrogen-bond donors (Lipinski definition) is 1. The van der Waals surface area contributed by atoms with Gasteiger partial charge in [-0.3, -0.25) is 4.98 Å². The SMILES string of the molecule is C1=Cc2c(c3ccccc3n2-c2ccc(-c3cc(-c4cccnc4)nc(-c4ccc5ccccc5c4)c3)cc2)CN1.I. The number of hydrogen-bond acceptors (Lipinski definition) is 3. The number of fused-ring (bicyclic) bond motifs is 4. The largest absolute Gasteiger partial charge is 0.387 e. The molecule has 7 aromatic rings. The first-order valence-corrected chi connectivity index (χ1v) is 13.9. The quantitative estimate of drug-likeness (QED) is 0.193. The van der Waals surface area contributed by atoms with Gasteiger partial charge in [-0.2, -0.15) is 0 Å². The summed E-state index contributed by atoms with van der Waals surface area (Å²) in [4.78, 5) is 9.44. The van der Waals surface area contributed by atoms with E-state index >= 15 is 0 Å². The molecule has 0 radical (unpaired) electrons. The maximum atomic E-state index is 5.09. The Labute approximate surface area is 261 Å². The van der Waals surface area contributed by atoms with E-state index < -0.39 is 0 Å². The molecule has 0 saturated heterocycles. The van der Waals surface area contributed by atoms with Crippen LogP contribution in [-0.4, -0.2) is 14.5 Å². The Morgan fingerprint density at radius 3 is 2.24 bits per heavy atom. The molecule has 4 nitrogen and oxygen atoms in total. The van der Waals surface area contributed by atoms with E-state index in [0.29, 0.717) is 0 Å². The molecular formula is C37H27IN4. The normalized spacial score (nSPS) is 12.1. The molecule has 5 heteroatoms. The van der Waals surface area contributed by atoms with Crippen molar-refractivity contribution >= 4 is 51.7 Å². The molecule has 0 spiro atoms. The molecule has 3 aromatic heterocycles. The molecule has 42 heavy (non-hydrogen) atoms. The fourth-order valence-electron chi connectivity index (χ4n) is 5.92. The molecule has 1 aliphatic heterocycles. The lowest BCUT2D eigenvalue weighted by molar-refractivity contribution is 0.855. The minimum atomic E-state index is 0. The maximum absolute atomic E-state index is 5.09. The molecule has 0 fully saturated rings. The summed E-state index contributed by atoms with van der Waals surface area (Å²) in [6, 6.07) is 40.9. The average Bonchev–Trinajstić information content (AvgIpc) is 3.39. The van der Waals surface area contributed by atoms with Crippen molar-refractivity contribution in [3.63, 3.8) is 0 Å². The lowest BCUT2D eigenvalue weighted by atomic mass is 9.99. The maximum Gasteiger partial charge on any atom is 0.0731 e. The van der Waals surface area contributed by atoms with Crippen molar-refractivity contribution in [1.82, 2.24) is 19.9 Å². The third-order valence-electron chi connectivity index (χ3n) is 7.94. The lowest BCUT2D eigenvalue weighted by Gasteiger charge is -2.14. The van der Waals surface area contributed by atoms with Crippen LogP contribution in [0, 0.1) is 0 Å². The van der Waals surface area contributed by atoms with E-state index in [9.17, 15) is 0 Å². The smallest absolute Gasteiger partial charge is 0.0731 e. The zero-order valence-electron chi connectivity index (χ0n) is 22.7. The summed E-state index contributed by atoms with van der Waals surface area (Å²) >= 11 is 0. The van der Waals surface area contributed by atoms with Crippen molar-refractivity contribution in [3.8, 4) is 39.3 Å². The summed E-state index contributed by atoms with van der Waals surface area (Å²) in [6.45, 7) is 0.836. The molecule has 8 rings (SSSR count). The first-order chi connectivity index (χ1) is 20.3. The van der Waals surface area contributed by atoms with E-state index in [1.165, 1.54) is 32.9 Å². The minimum absolute atomic E-state index is 0. The van der Waals surface area contributed by atoms with Gasteiger partial charge in [0.25, 0.3) is 0 Å². The van der Waals surface area contributed by atoms with Crippen molar-refractivity contribution in [2.75, 3.05) is 0 Å². The van der Waals surface area contributed by atoms with Crippen LogP contribution in [-0.2, 0) is 6.54 Å².